The molecule has 0 saturated carbocycles. The fraction of sp³-hybridized carbons (Fsp3) is 0.333. The molecule has 2 fully saturated rings. The molecule has 6 amide bonds. The molecule has 1 aromatic heterocycles. The number of ether oxygens (including phenoxy) is 1. The highest BCUT2D eigenvalue weighted by atomic mass is 31.0. The summed E-state index contributed by atoms with van der Waals surface area (Å²) < 4.78 is 13.7. The van der Waals surface area contributed by atoms with Crippen LogP contribution in [0, 0.1) is 0 Å². The van der Waals surface area contributed by atoms with Crippen molar-refractivity contribution in [2.24, 2.45) is 7.05 Å². The van der Waals surface area contributed by atoms with Crippen molar-refractivity contribution in [3.05, 3.63) is 174 Å². The molecule has 3 unspecified atom stereocenters. The van der Waals surface area contributed by atoms with E-state index in [1.807, 2.05) is 122 Å². The summed E-state index contributed by atoms with van der Waals surface area (Å²) >= 11 is 0. The summed E-state index contributed by atoms with van der Waals surface area (Å²) in [5.74, 6) is -3.17. The van der Waals surface area contributed by atoms with Crippen LogP contribution in [0.1, 0.15) is 59.5 Å². The Hall–Kier alpha value is -7.39. The predicted octanol–water partition coefficient (Wildman–Crippen LogP) is 4.76. The maximum absolute atomic E-state index is 15.1. The Labute approximate surface area is 434 Å². The van der Waals surface area contributed by atoms with E-state index in [2.05, 4.69) is 41.4 Å². The van der Waals surface area contributed by atoms with E-state index in [4.69, 9.17) is 9.26 Å². The summed E-state index contributed by atoms with van der Waals surface area (Å²) in [7, 11) is 5.94. The Morgan fingerprint density at radius 3 is 1.85 bits per heavy atom. The summed E-state index contributed by atoms with van der Waals surface area (Å²) in [6.07, 6.45) is 2.88. The largest absolute Gasteiger partial charge is 0.489 e. The van der Waals surface area contributed by atoms with Gasteiger partial charge in [0.05, 0.1) is 6.10 Å². The van der Waals surface area contributed by atoms with Crippen LogP contribution >= 0.6 is 9.47 Å². The van der Waals surface area contributed by atoms with Crippen LogP contribution in [-0.4, -0.2) is 101 Å². The first-order chi connectivity index (χ1) is 36.0. The molecule has 6 N–H and O–H groups in total. The molecule has 16 nitrogen and oxygen atoms in total. The molecule has 0 bridgehead atoms. The van der Waals surface area contributed by atoms with Crippen LogP contribution in [0.25, 0.3) is 10.9 Å². The molecule has 8 rings (SSSR count). The quantitative estimate of drug-likeness (QED) is 0.0585. The lowest BCUT2D eigenvalue weighted by molar-refractivity contribution is -0.143. The first-order valence-corrected chi connectivity index (χ1v) is 25.6. The monoisotopic (exact) mass is 1020 g/mol. The van der Waals surface area contributed by atoms with Gasteiger partial charge >= 0.3 is 0 Å². The second-order valence-corrected chi connectivity index (χ2v) is 19.3. The molecule has 386 valence electrons. The molecule has 3 heterocycles. The fourth-order valence-electron chi connectivity index (χ4n) is 9.74. The molecular formula is C57H65N8O8P. The lowest BCUT2D eigenvalue weighted by Crippen LogP contribution is -2.61. The number of para-hydroxylation sites is 1. The smallest absolute Gasteiger partial charge is 0.247 e. The van der Waals surface area contributed by atoms with Gasteiger partial charge in [0.15, 0.2) is 0 Å². The van der Waals surface area contributed by atoms with E-state index in [0.717, 1.165) is 27.6 Å². The van der Waals surface area contributed by atoms with Crippen molar-refractivity contribution in [1.29, 1.82) is 0 Å². The highest BCUT2D eigenvalue weighted by Gasteiger charge is 2.44. The lowest BCUT2D eigenvalue weighted by Gasteiger charge is -2.32. The van der Waals surface area contributed by atoms with Crippen molar-refractivity contribution in [3.63, 3.8) is 0 Å². The standard InChI is InChI=1S/C57H65N8O8P/c1-58-29-15-14-23-45-52(66)60-46(30-38-25-27-42(28-26-38)72-36-39-18-8-4-9-19-39)53(67)62-48(31-37-16-6-3-7-17-37)57(71)65-35-43(73-74)33-50(65)55(69)63-51(40-20-10-5-11-21-40)56(70)61-47(54(68)59-45)32-41-34-64(2)49-24-13-12-22-44(41)49/h3-13,16-22,24-28,34,43,45-48,50-51,58H,14-15,23,29-33,35-36,74H2,1-2H3,(H,59,68)(H,60,66)(H,61,70)(H,62,67)(H,63,69)/t43?,45-,46-,47?,48-,50+,51-/m1/s1. The molecule has 2 aliphatic rings. The van der Waals surface area contributed by atoms with Crippen molar-refractivity contribution in [1.82, 2.24) is 41.4 Å². The fourth-order valence-corrected chi connectivity index (χ4v) is 9.94. The molecule has 2 saturated heterocycles. The van der Waals surface area contributed by atoms with Crippen molar-refractivity contribution in [2.45, 2.75) is 93.9 Å². The predicted molar refractivity (Wildman–Crippen MR) is 285 cm³/mol. The second-order valence-electron chi connectivity index (χ2n) is 19.0. The molecule has 0 radical (unpaired) electrons. The summed E-state index contributed by atoms with van der Waals surface area (Å²) in [5, 5.41) is 18.8. The molecular weight excluding hydrogens is 956 g/mol. The number of amides is 6. The number of nitrogens with one attached hydrogen (secondary N) is 6. The van der Waals surface area contributed by atoms with E-state index in [-0.39, 0.29) is 38.6 Å². The van der Waals surface area contributed by atoms with Crippen molar-refractivity contribution >= 4 is 55.8 Å². The Balaban J connectivity index is 1.19. The number of hydrogen-bond donors (Lipinski definition) is 6. The summed E-state index contributed by atoms with van der Waals surface area (Å²) in [6.45, 7) is 1.01. The van der Waals surface area contributed by atoms with Crippen LogP contribution in [0.4, 0.5) is 0 Å². The number of carbonyl (C=O) groups excluding carboxylic acids is 6. The van der Waals surface area contributed by atoms with Gasteiger partial charge in [-0.15, -0.1) is 0 Å². The molecule has 2 aliphatic heterocycles. The number of rotatable bonds is 16. The van der Waals surface area contributed by atoms with E-state index in [1.165, 1.54) is 4.90 Å². The van der Waals surface area contributed by atoms with Gasteiger partial charge in [-0.2, -0.15) is 0 Å². The maximum atomic E-state index is 15.1. The number of aryl methyl sites for hydroxylation is 1. The maximum Gasteiger partial charge on any atom is 0.247 e. The van der Waals surface area contributed by atoms with Crippen LogP contribution in [0.15, 0.2) is 146 Å². The Bertz CT molecular complexity index is 2870. The summed E-state index contributed by atoms with van der Waals surface area (Å²) in [6, 6.07) is 35.2. The highest BCUT2D eigenvalue weighted by molar-refractivity contribution is 7.09. The second kappa shape index (κ2) is 25.5. The molecule has 0 spiro atoms. The topological polar surface area (TPSA) is 201 Å². The van der Waals surface area contributed by atoms with E-state index < -0.39 is 77.8 Å². The van der Waals surface area contributed by atoms with E-state index >= 15 is 9.59 Å². The Morgan fingerprint density at radius 1 is 0.595 bits per heavy atom. The van der Waals surface area contributed by atoms with Gasteiger partial charge in [-0.25, -0.2) is 0 Å². The number of carbonyl (C=O) groups is 6. The third kappa shape index (κ3) is 13.6. The molecule has 6 aromatic rings. The molecule has 5 aromatic carbocycles. The highest BCUT2D eigenvalue weighted by Crippen LogP contribution is 2.27. The van der Waals surface area contributed by atoms with Gasteiger partial charge in [-0.05, 0) is 78.9 Å². The number of benzene rings is 5. The average molecular weight is 1020 g/mol. The minimum Gasteiger partial charge on any atom is -0.489 e. The Morgan fingerprint density at radius 2 is 1.16 bits per heavy atom. The number of nitrogens with zero attached hydrogens (tertiary/aromatic N) is 2. The van der Waals surface area contributed by atoms with E-state index in [0.29, 0.717) is 42.9 Å². The average Bonchev–Trinajstić information content (AvgIpc) is 4.01. The summed E-state index contributed by atoms with van der Waals surface area (Å²) in [5.41, 5.74) is 4.53. The van der Waals surface area contributed by atoms with Crippen molar-refractivity contribution in [3.8, 4) is 5.75 Å². The molecule has 74 heavy (non-hydrogen) atoms. The zero-order chi connectivity index (χ0) is 52.0. The normalized spacial score (nSPS) is 22.1. The zero-order valence-electron chi connectivity index (χ0n) is 41.7. The number of hydrogen-bond acceptors (Lipinski definition) is 9. The van der Waals surface area contributed by atoms with Crippen LogP contribution < -0.4 is 36.6 Å². The van der Waals surface area contributed by atoms with Crippen LogP contribution in [0.3, 0.4) is 0 Å². The minimum atomic E-state index is -1.32. The van der Waals surface area contributed by atoms with E-state index in [1.54, 1.807) is 42.5 Å². The van der Waals surface area contributed by atoms with Gasteiger partial charge in [0.1, 0.15) is 48.6 Å². The first kappa shape index (κ1) is 52.9. The van der Waals surface area contributed by atoms with E-state index in [9.17, 15) is 19.2 Å². The molecule has 8 atom stereocenters. The van der Waals surface area contributed by atoms with Gasteiger partial charge in [-0.1, -0.05) is 121 Å². The zero-order valence-corrected chi connectivity index (χ0v) is 42.9. The number of unbranched alkanes of at least 4 members (excludes halogenated alkanes) is 1. The third-order valence-electron chi connectivity index (χ3n) is 13.7. The molecule has 0 aliphatic carbocycles. The van der Waals surface area contributed by atoms with Gasteiger partial charge in [0.25, 0.3) is 0 Å². The van der Waals surface area contributed by atoms with Crippen LogP contribution in [0.2, 0.25) is 0 Å². The van der Waals surface area contributed by atoms with Gasteiger partial charge < -0.3 is 50.6 Å². The Kier molecular flexibility index (Phi) is 18.2. The lowest BCUT2D eigenvalue weighted by atomic mass is 9.99. The SMILES string of the molecule is CNCCCC[C@H]1NC(=O)C(Cc2cn(C)c3ccccc23)NC(=O)[C@@H](c2ccccc2)NC(=O)[C@@H]2CC(OP)CN2C(=O)[C@@H](Cc2ccccc2)NC(=O)[C@@H](Cc2ccc(OCc3ccccc3)cc2)NC1=O. The van der Waals surface area contributed by atoms with Crippen LogP contribution in [-0.2, 0) is 66.2 Å². The third-order valence-corrected chi connectivity index (χ3v) is 14.1. The number of fused-ring (bicyclic) bond motifs is 2. The first-order valence-electron chi connectivity index (χ1n) is 25.2. The molecule has 17 heteroatoms. The summed E-state index contributed by atoms with van der Waals surface area (Å²) in [4.78, 5) is 91.1. The van der Waals surface area contributed by atoms with Crippen LogP contribution in [0.5, 0.6) is 5.75 Å². The van der Waals surface area contributed by atoms with Gasteiger partial charge in [0.2, 0.25) is 35.4 Å². The van der Waals surface area contributed by atoms with Crippen molar-refractivity contribution < 1.29 is 38.0 Å². The minimum absolute atomic E-state index is 0.00155. The van der Waals surface area contributed by atoms with Crippen molar-refractivity contribution in [2.75, 3.05) is 20.1 Å². The number of aromatic nitrogens is 1. The van der Waals surface area contributed by atoms with Gasteiger partial charge in [-0.3, -0.25) is 28.8 Å². The van der Waals surface area contributed by atoms with Gasteiger partial charge in [0, 0.05) is 65.8 Å².